The molecule has 0 spiro atoms. The number of benzene rings is 2. The summed E-state index contributed by atoms with van der Waals surface area (Å²) in [4.78, 5) is 23.3. The molecule has 25 heavy (non-hydrogen) atoms. The molecule has 3 rings (SSSR count). The van der Waals surface area contributed by atoms with E-state index in [0.717, 1.165) is 5.56 Å². The van der Waals surface area contributed by atoms with Crippen LogP contribution in [0.15, 0.2) is 77.7 Å². The van der Waals surface area contributed by atoms with Crippen molar-refractivity contribution in [2.75, 3.05) is 7.11 Å². The van der Waals surface area contributed by atoms with Gasteiger partial charge in [0.2, 0.25) is 0 Å². The fourth-order valence-electron chi connectivity index (χ4n) is 2.39. The SMILES string of the molecule is COC(=O)c1cccc(Oc2ccc(Cn3ccccc3=O)cc2)c1. The van der Waals surface area contributed by atoms with Crippen molar-refractivity contribution in [3.05, 3.63) is 94.4 Å². The first kappa shape index (κ1) is 16.5. The first-order valence-electron chi connectivity index (χ1n) is 7.76. The Bertz CT molecular complexity index is 929. The Balaban J connectivity index is 1.72. The zero-order chi connectivity index (χ0) is 17.6. The Labute approximate surface area is 145 Å². The Kier molecular flexibility index (Phi) is 4.95. The van der Waals surface area contributed by atoms with Gasteiger partial charge in [0.1, 0.15) is 11.5 Å². The molecule has 0 saturated heterocycles. The fourth-order valence-corrected chi connectivity index (χ4v) is 2.39. The number of methoxy groups -OCH3 is 1. The van der Waals surface area contributed by atoms with E-state index < -0.39 is 5.97 Å². The molecule has 1 aromatic heterocycles. The summed E-state index contributed by atoms with van der Waals surface area (Å²) in [6, 6.07) is 19.3. The van der Waals surface area contributed by atoms with Crippen LogP contribution in [-0.4, -0.2) is 17.6 Å². The van der Waals surface area contributed by atoms with Crippen LogP contribution in [0.3, 0.4) is 0 Å². The van der Waals surface area contributed by atoms with Gasteiger partial charge in [0.15, 0.2) is 0 Å². The van der Waals surface area contributed by atoms with E-state index in [-0.39, 0.29) is 5.56 Å². The van der Waals surface area contributed by atoms with Crippen molar-refractivity contribution >= 4 is 5.97 Å². The van der Waals surface area contributed by atoms with Gasteiger partial charge < -0.3 is 14.0 Å². The molecular weight excluding hydrogens is 318 g/mol. The van der Waals surface area contributed by atoms with E-state index in [2.05, 4.69) is 0 Å². The Morgan fingerprint density at radius 2 is 1.76 bits per heavy atom. The highest BCUT2D eigenvalue weighted by Crippen LogP contribution is 2.23. The fraction of sp³-hybridized carbons (Fsp3) is 0.100. The lowest BCUT2D eigenvalue weighted by Crippen LogP contribution is -2.18. The molecule has 126 valence electrons. The van der Waals surface area contributed by atoms with Gasteiger partial charge in [-0.15, -0.1) is 0 Å². The van der Waals surface area contributed by atoms with Crippen LogP contribution in [-0.2, 0) is 11.3 Å². The van der Waals surface area contributed by atoms with Crippen molar-refractivity contribution in [3.8, 4) is 11.5 Å². The molecule has 5 heteroatoms. The second kappa shape index (κ2) is 7.49. The number of carbonyl (C=O) groups is 1. The number of ether oxygens (including phenoxy) is 2. The number of aromatic nitrogens is 1. The average molecular weight is 335 g/mol. The summed E-state index contributed by atoms with van der Waals surface area (Å²) < 4.78 is 12.1. The molecule has 0 aliphatic rings. The van der Waals surface area contributed by atoms with E-state index in [9.17, 15) is 9.59 Å². The van der Waals surface area contributed by atoms with Gasteiger partial charge in [-0.2, -0.15) is 0 Å². The highest BCUT2D eigenvalue weighted by Gasteiger charge is 2.07. The third kappa shape index (κ3) is 4.14. The maximum absolute atomic E-state index is 11.7. The van der Waals surface area contributed by atoms with Crippen LogP contribution in [0.2, 0.25) is 0 Å². The van der Waals surface area contributed by atoms with Crippen molar-refractivity contribution < 1.29 is 14.3 Å². The van der Waals surface area contributed by atoms with Gasteiger partial charge in [0.05, 0.1) is 19.2 Å². The van der Waals surface area contributed by atoms with Crippen LogP contribution in [0.1, 0.15) is 15.9 Å². The molecule has 0 N–H and O–H groups in total. The first-order valence-corrected chi connectivity index (χ1v) is 7.76. The average Bonchev–Trinajstić information content (AvgIpc) is 2.65. The number of esters is 1. The molecule has 0 fully saturated rings. The smallest absolute Gasteiger partial charge is 0.337 e. The summed E-state index contributed by atoms with van der Waals surface area (Å²) in [5.41, 5.74) is 1.38. The predicted molar refractivity (Wildman–Crippen MR) is 94.1 cm³/mol. The summed E-state index contributed by atoms with van der Waals surface area (Å²) in [5, 5.41) is 0. The zero-order valence-electron chi connectivity index (χ0n) is 13.7. The maximum atomic E-state index is 11.7. The highest BCUT2D eigenvalue weighted by atomic mass is 16.5. The first-order chi connectivity index (χ1) is 12.2. The molecular formula is C20H17NO4. The number of nitrogens with zero attached hydrogens (tertiary/aromatic N) is 1. The summed E-state index contributed by atoms with van der Waals surface area (Å²) in [6.45, 7) is 0.498. The topological polar surface area (TPSA) is 57.5 Å². The Morgan fingerprint density at radius 1 is 0.960 bits per heavy atom. The lowest BCUT2D eigenvalue weighted by atomic mass is 10.2. The molecule has 2 aromatic carbocycles. The number of hydrogen-bond donors (Lipinski definition) is 0. The Hall–Kier alpha value is -3.34. The molecule has 0 unspecified atom stereocenters. The molecule has 0 bridgehead atoms. The van der Waals surface area contributed by atoms with E-state index in [1.165, 1.54) is 13.2 Å². The minimum Gasteiger partial charge on any atom is -0.465 e. The number of carbonyl (C=O) groups excluding carboxylic acids is 1. The van der Waals surface area contributed by atoms with Gasteiger partial charge in [-0.3, -0.25) is 4.79 Å². The van der Waals surface area contributed by atoms with Crippen molar-refractivity contribution in [1.29, 1.82) is 0 Å². The normalized spacial score (nSPS) is 10.3. The second-order valence-electron chi connectivity index (χ2n) is 5.43. The minimum absolute atomic E-state index is 0.0394. The number of rotatable bonds is 5. The zero-order valence-corrected chi connectivity index (χ0v) is 13.7. The second-order valence-corrected chi connectivity index (χ2v) is 5.43. The summed E-state index contributed by atoms with van der Waals surface area (Å²) in [7, 11) is 1.34. The highest BCUT2D eigenvalue weighted by molar-refractivity contribution is 5.89. The van der Waals surface area contributed by atoms with Crippen molar-refractivity contribution in [2.45, 2.75) is 6.54 Å². The quantitative estimate of drug-likeness (QED) is 0.670. The molecule has 0 aliphatic heterocycles. The van der Waals surface area contributed by atoms with Crippen LogP contribution in [0.5, 0.6) is 11.5 Å². The Morgan fingerprint density at radius 3 is 2.48 bits per heavy atom. The molecule has 0 radical (unpaired) electrons. The largest absolute Gasteiger partial charge is 0.465 e. The van der Waals surface area contributed by atoms with Gasteiger partial charge in [0.25, 0.3) is 5.56 Å². The van der Waals surface area contributed by atoms with Crippen molar-refractivity contribution in [1.82, 2.24) is 4.57 Å². The number of hydrogen-bond acceptors (Lipinski definition) is 4. The third-order valence-electron chi connectivity index (χ3n) is 3.67. The summed E-state index contributed by atoms with van der Waals surface area (Å²) >= 11 is 0. The van der Waals surface area contributed by atoms with Crippen LogP contribution in [0, 0.1) is 0 Å². The summed E-state index contributed by atoms with van der Waals surface area (Å²) in [6.07, 6.45) is 1.76. The van der Waals surface area contributed by atoms with Crippen molar-refractivity contribution in [3.63, 3.8) is 0 Å². The monoisotopic (exact) mass is 335 g/mol. The van der Waals surface area contributed by atoms with Gasteiger partial charge in [-0.25, -0.2) is 4.79 Å². The van der Waals surface area contributed by atoms with E-state index >= 15 is 0 Å². The maximum Gasteiger partial charge on any atom is 0.337 e. The van der Waals surface area contributed by atoms with E-state index in [4.69, 9.17) is 9.47 Å². The minimum atomic E-state index is -0.408. The van der Waals surface area contributed by atoms with Crippen LogP contribution >= 0.6 is 0 Å². The lowest BCUT2D eigenvalue weighted by Gasteiger charge is -2.09. The molecule has 1 heterocycles. The van der Waals surface area contributed by atoms with Gasteiger partial charge in [-0.05, 0) is 42.0 Å². The molecule has 0 saturated carbocycles. The third-order valence-corrected chi connectivity index (χ3v) is 3.67. The predicted octanol–water partition coefficient (Wildman–Crippen LogP) is 3.48. The standard InChI is InChI=1S/C20H17NO4/c1-24-20(23)16-5-4-6-18(13-16)25-17-10-8-15(9-11-17)14-21-12-3-2-7-19(21)22/h2-13H,14H2,1H3. The molecule has 0 aliphatic carbocycles. The van der Waals surface area contributed by atoms with Crippen LogP contribution in [0.4, 0.5) is 0 Å². The molecule has 0 atom stereocenters. The number of pyridine rings is 1. The molecule has 5 nitrogen and oxygen atoms in total. The van der Waals surface area contributed by atoms with Crippen LogP contribution < -0.4 is 10.3 Å². The van der Waals surface area contributed by atoms with Gasteiger partial charge in [0, 0.05) is 12.3 Å². The van der Waals surface area contributed by atoms with Gasteiger partial charge in [-0.1, -0.05) is 24.3 Å². The molecule has 0 amide bonds. The van der Waals surface area contributed by atoms with E-state index in [1.807, 2.05) is 30.3 Å². The lowest BCUT2D eigenvalue weighted by molar-refractivity contribution is 0.0600. The van der Waals surface area contributed by atoms with Crippen molar-refractivity contribution in [2.24, 2.45) is 0 Å². The van der Waals surface area contributed by atoms with Crippen LogP contribution in [0.25, 0.3) is 0 Å². The van der Waals surface area contributed by atoms with Gasteiger partial charge >= 0.3 is 5.97 Å². The van der Waals surface area contributed by atoms with E-state index in [1.54, 1.807) is 41.1 Å². The molecule has 3 aromatic rings. The van der Waals surface area contributed by atoms with E-state index in [0.29, 0.717) is 23.6 Å². The summed E-state index contributed by atoms with van der Waals surface area (Å²) in [5.74, 6) is 0.787.